The monoisotopic (exact) mass is 524 g/mol. The Morgan fingerprint density at radius 2 is 1.37 bits per heavy atom. The van der Waals surface area contributed by atoms with E-state index in [1.165, 1.54) is 33.8 Å². The minimum atomic E-state index is -4.01. The minimum Gasteiger partial charge on any atom is -0.258 e. The molecule has 0 aliphatic heterocycles. The van der Waals surface area contributed by atoms with Crippen molar-refractivity contribution in [2.45, 2.75) is 36.5 Å². The summed E-state index contributed by atoms with van der Waals surface area (Å²) in [7, 11) is -4.01. The van der Waals surface area contributed by atoms with E-state index in [1.807, 2.05) is 54.6 Å². The Labute approximate surface area is 222 Å². The van der Waals surface area contributed by atoms with Crippen LogP contribution in [0.5, 0.6) is 0 Å². The van der Waals surface area contributed by atoms with Gasteiger partial charge in [-0.25, -0.2) is 12.4 Å². The molecule has 7 heteroatoms. The molecule has 0 saturated carbocycles. The second-order valence-electron chi connectivity index (χ2n) is 9.35. The summed E-state index contributed by atoms with van der Waals surface area (Å²) in [6.45, 7) is 2.17. The zero-order valence-electron chi connectivity index (χ0n) is 21.0. The smallest absolute Gasteiger partial charge is 0.258 e. The van der Waals surface area contributed by atoms with Gasteiger partial charge in [0.2, 0.25) is 0 Å². The number of benzene rings is 4. The molecule has 1 heterocycles. The van der Waals surface area contributed by atoms with Gasteiger partial charge in [-0.1, -0.05) is 92.2 Å². The topological polar surface area (TPSA) is 82.2 Å². The van der Waals surface area contributed by atoms with Gasteiger partial charge in [0, 0.05) is 29.6 Å². The zero-order chi connectivity index (χ0) is 26.7. The van der Waals surface area contributed by atoms with Gasteiger partial charge < -0.3 is 0 Å². The van der Waals surface area contributed by atoms with Crippen LogP contribution in [-0.2, 0) is 10.0 Å². The van der Waals surface area contributed by atoms with Crippen molar-refractivity contribution >= 4 is 26.6 Å². The first kappa shape index (κ1) is 25.4. The number of nitrogens with zero attached hydrogens (tertiary/aromatic N) is 2. The number of rotatable bonds is 9. The van der Waals surface area contributed by atoms with Gasteiger partial charge in [-0.15, -0.1) is 0 Å². The first-order valence-electron chi connectivity index (χ1n) is 12.6. The van der Waals surface area contributed by atoms with Crippen LogP contribution in [0.2, 0.25) is 0 Å². The van der Waals surface area contributed by atoms with Gasteiger partial charge in [0.1, 0.15) is 0 Å². The maximum atomic E-state index is 13.9. The quantitative estimate of drug-likeness (QED) is 0.148. The van der Waals surface area contributed by atoms with Crippen molar-refractivity contribution in [1.29, 1.82) is 0 Å². The lowest BCUT2D eigenvalue weighted by Crippen LogP contribution is -2.14. The lowest BCUT2D eigenvalue weighted by Gasteiger charge is -2.28. The maximum Gasteiger partial charge on any atom is 0.269 e. The zero-order valence-corrected chi connectivity index (χ0v) is 21.8. The van der Waals surface area contributed by atoms with E-state index in [9.17, 15) is 18.5 Å². The summed E-state index contributed by atoms with van der Waals surface area (Å²) in [6.07, 6.45) is 3.64. The van der Waals surface area contributed by atoms with Crippen molar-refractivity contribution in [3.05, 3.63) is 142 Å². The molecule has 0 saturated heterocycles. The molecule has 6 nitrogen and oxygen atoms in total. The first-order valence-corrected chi connectivity index (χ1v) is 14.1. The Hall–Kier alpha value is -4.23. The molecule has 38 heavy (non-hydrogen) atoms. The van der Waals surface area contributed by atoms with Gasteiger partial charge in [0.05, 0.1) is 15.3 Å². The largest absolute Gasteiger partial charge is 0.269 e. The molecule has 0 fully saturated rings. The van der Waals surface area contributed by atoms with Crippen LogP contribution in [0.1, 0.15) is 48.3 Å². The minimum absolute atomic E-state index is 0.000156. The number of nitro benzene ring substituents is 1. The SMILES string of the molecule is CCC[C@@H](c1ccccc1)[C@@H](c1ccccc1)c1cn(S(=O)(=O)c2ccc([N+](=O)[O-])cc2)c2ccccc12. The normalized spacial score (nSPS) is 13.3. The molecule has 2 atom stereocenters. The summed E-state index contributed by atoms with van der Waals surface area (Å²) < 4.78 is 29.0. The summed E-state index contributed by atoms with van der Waals surface area (Å²) in [6, 6.07) is 33.2. The van der Waals surface area contributed by atoms with Crippen molar-refractivity contribution in [1.82, 2.24) is 3.97 Å². The molecule has 0 N–H and O–H groups in total. The van der Waals surface area contributed by atoms with Crippen LogP contribution < -0.4 is 0 Å². The number of hydrogen-bond donors (Lipinski definition) is 0. The van der Waals surface area contributed by atoms with E-state index in [0.29, 0.717) is 5.52 Å². The van der Waals surface area contributed by atoms with Crippen LogP contribution in [0.25, 0.3) is 10.9 Å². The Bertz CT molecular complexity index is 1660. The third-order valence-corrected chi connectivity index (χ3v) is 8.72. The highest BCUT2D eigenvalue weighted by Crippen LogP contribution is 2.44. The van der Waals surface area contributed by atoms with Crippen LogP contribution in [0.15, 0.2) is 120 Å². The number of nitro groups is 1. The fourth-order valence-corrected chi connectivity index (χ4v) is 6.68. The molecular weight excluding hydrogens is 496 g/mol. The molecule has 1 aromatic heterocycles. The fourth-order valence-electron chi connectivity index (χ4n) is 5.30. The molecule has 0 aliphatic carbocycles. The van der Waals surface area contributed by atoms with E-state index in [2.05, 4.69) is 31.2 Å². The maximum absolute atomic E-state index is 13.9. The third kappa shape index (κ3) is 4.73. The molecule has 5 rings (SSSR count). The molecule has 0 amide bonds. The molecule has 4 aromatic carbocycles. The van der Waals surface area contributed by atoms with Crippen LogP contribution in [0, 0.1) is 10.1 Å². The van der Waals surface area contributed by atoms with Crippen molar-refractivity contribution < 1.29 is 13.3 Å². The highest BCUT2D eigenvalue weighted by molar-refractivity contribution is 7.90. The second kappa shape index (κ2) is 10.6. The Kier molecular flexibility index (Phi) is 7.11. The average molecular weight is 525 g/mol. The highest BCUT2D eigenvalue weighted by atomic mass is 32.2. The predicted molar refractivity (Wildman–Crippen MR) is 150 cm³/mol. The van der Waals surface area contributed by atoms with E-state index >= 15 is 0 Å². The van der Waals surface area contributed by atoms with Gasteiger partial charge in [-0.2, -0.15) is 0 Å². The number of para-hydroxylation sites is 1. The van der Waals surface area contributed by atoms with Crippen molar-refractivity contribution in [3.8, 4) is 0 Å². The van der Waals surface area contributed by atoms with E-state index in [1.54, 1.807) is 12.3 Å². The van der Waals surface area contributed by atoms with Gasteiger partial charge in [0.25, 0.3) is 15.7 Å². The lowest BCUT2D eigenvalue weighted by atomic mass is 9.75. The van der Waals surface area contributed by atoms with E-state index in [-0.39, 0.29) is 22.4 Å². The van der Waals surface area contributed by atoms with Crippen molar-refractivity contribution in [3.63, 3.8) is 0 Å². The van der Waals surface area contributed by atoms with Crippen LogP contribution in [0.3, 0.4) is 0 Å². The fraction of sp³-hybridized carbons (Fsp3) is 0.161. The average Bonchev–Trinajstić information content (AvgIpc) is 3.34. The van der Waals surface area contributed by atoms with Crippen molar-refractivity contribution in [2.24, 2.45) is 0 Å². The summed E-state index contributed by atoms with van der Waals surface area (Å²) in [5.74, 6) is 0.0432. The lowest BCUT2D eigenvalue weighted by molar-refractivity contribution is -0.384. The molecular formula is C31H28N2O4S. The number of fused-ring (bicyclic) bond motifs is 1. The highest BCUT2D eigenvalue weighted by Gasteiger charge is 2.31. The molecule has 0 spiro atoms. The number of hydrogen-bond acceptors (Lipinski definition) is 4. The van der Waals surface area contributed by atoms with Gasteiger partial charge in [-0.3, -0.25) is 10.1 Å². The standard InChI is InChI=1S/C31H28N2O4S/c1-2-11-27(23-12-5-3-6-13-23)31(24-14-7-4-8-15-24)29-22-32(30-17-10-9-16-28(29)30)38(36,37)26-20-18-25(19-21-26)33(34)35/h3-10,12-22,27,31H,2,11H2,1H3/t27-,31+/m0/s1. The second-order valence-corrected chi connectivity index (χ2v) is 11.2. The van der Waals surface area contributed by atoms with Gasteiger partial charge in [-0.05, 0) is 47.2 Å². The van der Waals surface area contributed by atoms with E-state index < -0.39 is 14.9 Å². The van der Waals surface area contributed by atoms with Crippen LogP contribution in [0.4, 0.5) is 5.69 Å². The Morgan fingerprint density at radius 1 is 0.789 bits per heavy atom. The van der Waals surface area contributed by atoms with E-state index in [4.69, 9.17) is 0 Å². The van der Waals surface area contributed by atoms with Gasteiger partial charge >= 0.3 is 0 Å². The third-order valence-electron chi connectivity index (χ3n) is 7.04. The van der Waals surface area contributed by atoms with Crippen molar-refractivity contribution in [2.75, 3.05) is 0 Å². The summed E-state index contributed by atoms with van der Waals surface area (Å²) in [4.78, 5) is 10.6. The van der Waals surface area contributed by atoms with Crippen LogP contribution in [-0.4, -0.2) is 17.3 Å². The molecule has 0 bridgehead atoms. The first-order chi connectivity index (χ1) is 18.4. The molecule has 0 radical (unpaired) electrons. The number of non-ortho nitro benzene ring substituents is 1. The molecule has 0 unspecified atom stereocenters. The summed E-state index contributed by atoms with van der Waals surface area (Å²) >= 11 is 0. The summed E-state index contributed by atoms with van der Waals surface area (Å²) in [5, 5.41) is 12.0. The Morgan fingerprint density at radius 3 is 1.97 bits per heavy atom. The van der Waals surface area contributed by atoms with Gasteiger partial charge in [0.15, 0.2) is 0 Å². The summed E-state index contributed by atoms with van der Waals surface area (Å²) in [5.41, 5.74) is 3.67. The molecule has 0 aliphatic rings. The molecule has 192 valence electrons. The van der Waals surface area contributed by atoms with E-state index in [0.717, 1.165) is 29.4 Å². The Balaban J connectivity index is 1.73. The molecule has 5 aromatic rings. The predicted octanol–water partition coefficient (Wildman–Crippen LogP) is 7.50. The van der Waals surface area contributed by atoms with Crippen LogP contribution >= 0.6 is 0 Å². The number of aromatic nitrogens is 1.